The normalized spacial score (nSPS) is 10.6. The number of aryl methyl sites for hydroxylation is 1. The first-order chi connectivity index (χ1) is 9.36. The van der Waals surface area contributed by atoms with Crippen LogP contribution in [0.2, 0.25) is 0 Å². The Hall–Kier alpha value is -1.02. The van der Waals surface area contributed by atoms with Gasteiger partial charge in [-0.2, -0.15) is 0 Å². The lowest BCUT2D eigenvalue weighted by Gasteiger charge is -2.05. The molecular weight excluding hydrogens is 236 g/mol. The molecule has 1 aromatic rings. The molecule has 2 heteroatoms. The Morgan fingerprint density at radius 2 is 1.53 bits per heavy atom. The van der Waals surface area contributed by atoms with Crippen molar-refractivity contribution in [3.63, 3.8) is 0 Å². The molecule has 0 radical (unpaired) electrons. The molecule has 0 bridgehead atoms. The molecule has 0 saturated carbocycles. The quantitative estimate of drug-likeness (QED) is 0.543. The Morgan fingerprint density at radius 3 is 2.16 bits per heavy atom. The van der Waals surface area contributed by atoms with E-state index in [4.69, 9.17) is 9.47 Å². The van der Waals surface area contributed by atoms with Gasteiger partial charge in [-0.3, -0.25) is 0 Å². The van der Waals surface area contributed by atoms with Crippen molar-refractivity contribution in [1.82, 2.24) is 0 Å². The Balaban J connectivity index is 1.95. The smallest absolute Gasteiger partial charge is 0.118 e. The molecule has 0 N–H and O–H groups in total. The summed E-state index contributed by atoms with van der Waals surface area (Å²) in [5.41, 5.74) is 1.39. The van der Waals surface area contributed by atoms with Crippen molar-refractivity contribution in [2.75, 3.05) is 20.3 Å². The summed E-state index contributed by atoms with van der Waals surface area (Å²) >= 11 is 0. The molecule has 0 aliphatic heterocycles. The summed E-state index contributed by atoms with van der Waals surface area (Å²) in [6.45, 7) is 4.08. The Morgan fingerprint density at radius 1 is 0.842 bits per heavy atom. The van der Waals surface area contributed by atoms with E-state index in [0.717, 1.165) is 25.4 Å². The molecule has 0 atom stereocenters. The minimum Gasteiger partial charge on any atom is -0.497 e. The van der Waals surface area contributed by atoms with Crippen molar-refractivity contribution in [3.05, 3.63) is 29.8 Å². The Kier molecular flexibility index (Phi) is 9.17. The zero-order valence-corrected chi connectivity index (χ0v) is 12.5. The van der Waals surface area contributed by atoms with Gasteiger partial charge in [0.1, 0.15) is 5.75 Å². The molecular formula is C17H28O2. The third kappa shape index (κ3) is 7.89. The van der Waals surface area contributed by atoms with Crippen LogP contribution < -0.4 is 4.74 Å². The molecule has 0 aromatic heterocycles. The van der Waals surface area contributed by atoms with Gasteiger partial charge in [0.2, 0.25) is 0 Å². The van der Waals surface area contributed by atoms with E-state index in [-0.39, 0.29) is 0 Å². The predicted molar refractivity (Wildman–Crippen MR) is 80.9 cm³/mol. The van der Waals surface area contributed by atoms with Crippen LogP contribution >= 0.6 is 0 Å². The third-order valence-corrected chi connectivity index (χ3v) is 3.31. The van der Waals surface area contributed by atoms with Gasteiger partial charge in [-0.25, -0.2) is 0 Å². The maximum atomic E-state index is 5.60. The van der Waals surface area contributed by atoms with Gasteiger partial charge < -0.3 is 9.47 Å². The number of rotatable bonds is 11. The maximum absolute atomic E-state index is 5.60. The largest absolute Gasteiger partial charge is 0.497 e. The highest BCUT2D eigenvalue weighted by molar-refractivity contribution is 5.27. The molecule has 0 aliphatic carbocycles. The summed E-state index contributed by atoms with van der Waals surface area (Å²) in [6, 6.07) is 8.37. The Bertz CT molecular complexity index is 306. The van der Waals surface area contributed by atoms with Crippen molar-refractivity contribution >= 4 is 0 Å². The number of ether oxygens (including phenoxy) is 2. The lowest BCUT2D eigenvalue weighted by molar-refractivity contribution is 0.126. The van der Waals surface area contributed by atoms with Gasteiger partial charge in [-0.1, -0.05) is 38.3 Å². The zero-order chi connectivity index (χ0) is 13.8. The van der Waals surface area contributed by atoms with Crippen molar-refractivity contribution in [3.8, 4) is 5.75 Å². The van der Waals surface area contributed by atoms with Crippen LogP contribution in [0.25, 0.3) is 0 Å². The monoisotopic (exact) mass is 264 g/mol. The molecule has 108 valence electrons. The van der Waals surface area contributed by atoms with E-state index in [1.807, 2.05) is 12.1 Å². The van der Waals surface area contributed by atoms with E-state index in [1.54, 1.807) is 7.11 Å². The van der Waals surface area contributed by atoms with Gasteiger partial charge in [-0.05, 0) is 43.4 Å². The second-order valence-electron chi connectivity index (χ2n) is 4.98. The van der Waals surface area contributed by atoms with Crippen LogP contribution in [0.1, 0.15) is 51.0 Å². The molecule has 2 nitrogen and oxygen atoms in total. The molecule has 1 rings (SSSR count). The van der Waals surface area contributed by atoms with E-state index in [1.165, 1.54) is 44.1 Å². The standard InChI is InChI=1S/C17H28O2/c1-3-4-7-14-19-15-8-5-6-9-16-10-12-17(18-2)13-11-16/h10-13H,3-9,14-15H2,1-2H3. The van der Waals surface area contributed by atoms with Gasteiger partial charge >= 0.3 is 0 Å². The molecule has 0 aliphatic rings. The average molecular weight is 264 g/mol. The van der Waals surface area contributed by atoms with Crippen molar-refractivity contribution in [2.24, 2.45) is 0 Å². The van der Waals surface area contributed by atoms with Crippen LogP contribution in [-0.4, -0.2) is 20.3 Å². The molecule has 0 saturated heterocycles. The van der Waals surface area contributed by atoms with Crippen molar-refractivity contribution < 1.29 is 9.47 Å². The third-order valence-electron chi connectivity index (χ3n) is 3.31. The summed E-state index contributed by atoms with van der Waals surface area (Å²) in [6.07, 6.45) is 8.59. The molecule has 0 unspecified atom stereocenters. The first kappa shape index (κ1) is 16.0. The van der Waals surface area contributed by atoms with Crippen molar-refractivity contribution in [1.29, 1.82) is 0 Å². The highest BCUT2D eigenvalue weighted by atomic mass is 16.5. The summed E-state index contributed by atoms with van der Waals surface area (Å²) in [5, 5.41) is 0. The maximum Gasteiger partial charge on any atom is 0.118 e. The Labute approximate surface area is 118 Å². The first-order valence-corrected chi connectivity index (χ1v) is 7.57. The number of hydrogen-bond donors (Lipinski definition) is 0. The summed E-state index contributed by atoms with van der Waals surface area (Å²) in [4.78, 5) is 0. The van der Waals surface area contributed by atoms with E-state index in [2.05, 4.69) is 19.1 Å². The van der Waals surface area contributed by atoms with E-state index in [9.17, 15) is 0 Å². The van der Waals surface area contributed by atoms with Crippen LogP contribution in [0.3, 0.4) is 0 Å². The topological polar surface area (TPSA) is 18.5 Å². The molecule has 1 aromatic carbocycles. The zero-order valence-electron chi connectivity index (χ0n) is 12.5. The average Bonchev–Trinajstić information content (AvgIpc) is 2.46. The number of unbranched alkanes of at least 4 members (excludes halogenated alkanes) is 4. The number of benzene rings is 1. The molecule has 0 spiro atoms. The fourth-order valence-electron chi connectivity index (χ4n) is 2.06. The van der Waals surface area contributed by atoms with E-state index in [0.29, 0.717) is 0 Å². The predicted octanol–water partition coefficient (Wildman–Crippen LogP) is 4.61. The van der Waals surface area contributed by atoms with Crippen LogP contribution in [-0.2, 0) is 11.2 Å². The lowest BCUT2D eigenvalue weighted by atomic mass is 10.1. The molecule has 0 fully saturated rings. The van der Waals surface area contributed by atoms with Crippen LogP contribution in [0.4, 0.5) is 0 Å². The summed E-state index contributed by atoms with van der Waals surface area (Å²) in [7, 11) is 1.70. The second-order valence-corrected chi connectivity index (χ2v) is 4.98. The van der Waals surface area contributed by atoms with Gasteiger partial charge in [0.15, 0.2) is 0 Å². The molecule has 19 heavy (non-hydrogen) atoms. The fraction of sp³-hybridized carbons (Fsp3) is 0.647. The van der Waals surface area contributed by atoms with Crippen LogP contribution in [0, 0.1) is 0 Å². The second kappa shape index (κ2) is 10.9. The highest BCUT2D eigenvalue weighted by Gasteiger charge is 1.96. The minimum absolute atomic E-state index is 0.923. The first-order valence-electron chi connectivity index (χ1n) is 7.57. The summed E-state index contributed by atoms with van der Waals surface area (Å²) < 4.78 is 10.8. The number of hydrogen-bond acceptors (Lipinski definition) is 2. The SMILES string of the molecule is CCCCCOCCCCCc1ccc(OC)cc1. The summed E-state index contributed by atoms with van der Waals surface area (Å²) in [5.74, 6) is 0.934. The van der Waals surface area contributed by atoms with Crippen molar-refractivity contribution in [2.45, 2.75) is 51.9 Å². The van der Waals surface area contributed by atoms with Gasteiger partial charge in [-0.15, -0.1) is 0 Å². The van der Waals surface area contributed by atoms with Gasteiger partial charge in [0.05, 0.1) is 7.11 Å². The molecule has 0 heterocycles. The lowest BCUT2D eigenvalue weighted by Crippen LogP contribution is -1.97. The van der Waals surface area contributed by atoms with Gasteiger partial charge in [0, 0.05) is 13.2 Å². The fourth-order valence-corrected chi connectivity index (χ4v) is 2.06. The van der Waals surface area contributed by atoms with Crippen LogP contribution in [0.5, 0.6) is 5.75 Å². The van der Waals surface area contributed by atoms with Crippen LogP contribution in [0.15, 0.2) is 24.3 Å². The number of methoxy groups -OCH3 is 1. The highest BCUT2D eigenvalue weighted by Crippen LogP contribution is 2.13. The van der Waals surface area contributed by atoms with Gasteiger partial charge in [0.25, 0.3) is 0 Å². The molecule has 0 amide bonds. The van der Waals surface area contributed by atoms with E-state index < -0.39 is 0 Å². The van der Waals surface area contributed by atoms with E-state index >= 15 is 0 Å². The minimum atomic E-state index is 0.923.